The van der Waals surface area contributed by atoms with Crippen molar-refractivity contribution in [2.45, 2.75) is 32.8 Å². The number of benzene rings is 1. The molecule has 17 heavy (non-hydrogen) atoms. The summed E-state index contributed by atoms with van der Waals surface area (Å²) in [4.78, 5) is 10.5. The van der Waals surface area contributed by atoms with E-state index in [1.54, 1.807) is 0 Å². The number of rotatable bonds is 3. The van der Waals surface area contributed by atoms with Crippen molar-refractivity contribution in [3.63, 3.8) is 0 Å². The van der Waals surface area contributed by atoms with Gasteiger partial charge >= 0.3 is 5.97 Å². The lowest BCUT2D eigenvalue weighted by molar-refractivity contribution is -0.139. The van der Waals surface area contributed by atoms with Gasteiger partial charge in [0.1, 0.15) is 5.60 Å². The van der Waals surface area contributed by atoms with Crippen LogP contribution in [-0.2, 0) is 11.2 Å². The van der Waals surface area contributed by atoms with Gasteiger partial charge in [0.25, 0.3) is 0 Å². The van der Waals surface area contributed by atoms with Gasteiger partial charge in [0, 0.05) is 12.0 Å². The maximum absolute atomic E-state index is 10.5. The number of aliphatic carboxylic acids is 1. The van der Waals surface area contributed by atoms with Crippen LogP contribution in [0.3, 0.4) is 0 Å². The summed E-state index contributed by atoms with van der Waals surface area (Å²) in [6.07, 6.45) is 0.813. The van der Waals surface area contributed by atoms with Gasteiger partial charge < -0.3 is 14.6 Å². The molecule has 0 amide bonds. The fourth-order valence-corrected chi connectivity index (χ4v) is 2.08. The summed E-state index contributed by atoms with van der Waals surface area (Å²) < 4.78 is 11.1. The van der Waals surface area contributed by atoms with Crippen LogP contribution >= 0.6 is 0 Å². The number of carbonyl (C=O) groups is 1. The lowest BCUT2D eigenvalue weighted by atomic mass is 10.0. The summed E-state index contributed by atoms with van der Waals surface area (Å²) in [5, 5.41) is 8.63. The molecule has 1 aromatic rings. The zero-order valence-electron chi connectivity index (χ0n) is 10.2. The second-order valence-electron chi connectivity index (χ2n) is 4.97. The highest BCUT2D eigenvalue weighted by Crippen LogP contribution is 2.42. The van der Waals surface area contributed by atoms with Gasteiger partial charge in [0.05, 0.1) is 0 Å². The van der Waals surface area contributed by atoms with Crippen LogP contribution in [0.2, 0.25) is 0 Å². The van der Waals surface area contributed by atoms with Crippen molar-refractivity contribution < 1.29 is 19.4 Å². The number of carboxylic acid groups (broad SMARTS) is 1. The largest absolute Gasteiger partial charge is 0.483 e. The first-order valence-electron chi connectivity index (χ1n) is 5.54. The molecule has 0 spiro atoms. The summed E-state index contributed by atoms with van der Waals surface area (Å²) in [6.45, 7) is 5.62. The van der Waals surface area contributed by atoms with Crippen molar-refractivity contribution in [1.29, 1.82) is 0 Å². The van der Waals surface area contributed by atoms with Crippen molar-refractivity contribution in [3.8, 4) is 11.5 Å². The molecule has 4 heteroatoms. The van der Waals surface area contributed by atoms with E-state index in [9.17, 15) is 4.79 Å². The molecule has 0 saturated carbocycles. The van der Waals surface area contributed by atoms with Crippen molar-refractivity contribution >= 4 is 5.97 Å². The molecule has 1 aromatic carbocycles. The fourth-order valence-electron chi connectivity index (χ4n) is 2.08. The van der Waals surface area contributed by atoms with Gasteiger partial charge in [0.2, 0.25) is 0 Å². The van der Waals surface area contributed by atoms with Crippen LogP contribution in [0, 0.1) is 6.92 Å². The van der Waals surface area contributed by atoms with Crippen LogP contribution in [-0.4, -0.2) is 23.3 Å². The smallest absolute Gasteiger partial charge is 0.341 e. The highest BCUT2D eigenvalue weighted by atomic mass is 16.5. The summed E-state index contributed by atoms with van der Waals surface area (Å²) in [5.74, 6) is 0.215. The van der Waals surface area contributed by atoms with Crippen LogP contribution in [0.1, 0.15) is 25.0 Å². The van der Waals surface area contributed by atoms with E-state index in [1.807, 2.05) is 26.8 Å². The topological polar surface area (TPSA) is 55.8 Å². The average molecular weight is 236 g/mol. The van der Waals surface area contributed by atoms with E-state index in [0.29, 0.717) is 11.5 Å². The maximum Gasteiger partial charge on any atom is 0.341 e. The Bertz CT molecular complexity index is 463. The summed E-state index contributed by atoms with van der Waals surface area (Å²) in [7, 11) is 0. The molecule has 0 atom stereocenters. The van der Waals surface area contributed by atoms with E-state index in [2.05, 4.69) is 6.07 Å². The Morgan fingerprint density at radius 3 is 2.88 bits per heavy atom. The molecule has 1 aliphatic rings. The summed E-state index contributed by atoms with van der Waals surface area (Å²) in [5.41, 5.74) is 1.87. The molecule has 1 N–H and O–H groups in total. The van der Waals surface area contributed by atoms with E-state index in [4.69, 9.17) is 14.6 Å². The molecule has 0 aliphatic carbocycles. The minimum absolute atomic E-state index is 0.253. The van der Waals surface area contributed by atoms with E-state index in [1.165, 1.54) is 0 Å². The highest BCUT2D eigenvalue weighted by Gasteiger charge is 2.32. The van der Waals surface area contributed by atoms with Crippen molar-refractivity contribution in [3.05, 3.63) is 23.3 Å². The molecule has 4 nitrogen and oxygen atoms in total. The maximum atomic E-state index is 10.5. The van der Waals surface area contributed by atoms with Crippen LogP contribution in [0.4, 0.5) is 0 Å². The predicted octanol–water partition coefficient (Wildman–Crippen LogP) is 2.17. The Morgan fingerprint density at radius 2 is 2.24 bits per heavy atom. The Morgan fingerprint density at radius 1 is 1.53 bits per heavy atom. The van der Waals surface area contributed by atoms with Gasteiger partial charge in [0.15, 0.2) is 18.1 Å². The Hall–Kier alpha value is -1.71. The number of fused-ring (bicyclic) bond motifs is 1. The van der Waals surface area contributed by atoms with Crippen molar-refractivity contribution in [1.82, 2.24) is 0 Å². The van der Waals surface area contributed by atoms with E-state index in [0.717, 1.165) is 17.5 Å². The van der Waals surface area contributed by atoms with E-state index in [-0.39, 0.29) is 12.2 Å². The van der Waals surface area contributed by atoms with Gasteiger partial charge in [-0.25, -0.2) is 4.79 Å². The van der Waals surface area contributed by atoms with Gasteiger partial charge in [-0.3, -0.25) is 0 Å². The van der Waals surface area contributed by atoms with E-state index < -0.39 is 5.97 Å². The van der Waals surface area contributed by atoms with E-state index >= 15 is 0 Å². The molecule has 92 valence electrons. The fraction of sp³-hybridized carbons (Fsp3) is 0.462. The van der Waals surface area contributed by atoms with Gasteiger partial charge in [-0.15, -0.1) is 0 Å². The molecular formula is C13H16O4. The zero-order valence-corrected chi connectivity index (χ0v) is 10.2. The van der Waals surface area contributed by atoms with Gasteiger partial charge in [-0.2, -0.15) is 0 Å². The number of hydrogen-bond donors (Lipinski definition) is 1. The van der Waals surface area contributed by atoms with Gasteiger partial charge in [-0.05, 0) is 32.4 Å². The summed E-state index contributed by atoms with van der Waals surface area (Å²) in [6, 6.07) is 3.86. The van der Waals surface area contributed by atoms with Crippen molar-refractivity contribution in [2.24, 2.45) is 0 Å². The molecule has 1 heterocycles. The number of hydrogen-bond acceptors (Lipinski definition) is 3. The molecule has 0 aromatic heterocycles. The Kier molecular flexibility index (Phi) is 2.73. The third-order valence-corrected chi connectivity index (χ3v) is 2.62. The first-order chi connectivity index (χ1) is 7.87. The minimum atomic E-state index is -0.988. The summed E-state index contributed by atoms with van der Waals surface area (Å²) >= 11 is 0. The van der Waals surface area contributed by atoms with Gasteiger partial charge in [-0.1, -0.05) is 6.07 Å². The standard InChI is InChI=1S/C13H16O4/c1-8-4-9-6-13(2,3)17-12(9)10(5-8)16-7-11(14)15/h4-5H,6-7H2,1-3H3,(H,14,15). The quantitative estimate of drug-likeness (QED) is 0.873. The van der Waals surface area contributed by atoms with Crippen LogP contribution < -0.4 is 9.47 Å². The minimum Gasteiger partial charge on any atom is -0.483 e. The third-order valence-electron chi connectivity index (χ3n) is 2.62. The molecule has 0 fully saturated rings. The molecule has 0 saturated heterocycles. The molecule has 1 aliphatic heterocycles. The normalized spacial score (nSPS) is 16.2. The van der Waals surface area contributed by atoms with Crippen molar-refractivity contribution in [2.75, 3.05) is 6.61 Å². The SMILES string of the molecule is Cc1cc2c(c(OCC(=O)O)c1)OC(C)(C)C2. The Labute approximate surface area is 100 Å². The van der Waals surface area contributed by atoms with Crippen LogP contribution in [0.25, 0.3) is 0 Å². The monoisotopic (exact) mass is 236 g/mol. The lowest BCUT2D eigenvalue weighted by Gasteiger charge is -2.18. The predicted molar refractivity (Wildman–Crippen MR) is 62.7 cm³/mol. The second-order valence-corrected chi connectivity index (χ2v) is 4.97. The van der Waals surface area contributed by atoms with Crippen LogP contribution in [0.15, 0.2) is 12.1 Å². The second kappa shape index (κ2) is 3.95. The number of aryl methyl sites for hydroxylation is 1. The molecule has 2 rings (SSSR count). The molecule has 0 unspecified atom stereocenters. The first kappa shape index (κ1) is 11.8. The molecule has 0 bridgehead atoms. The van der Waals surface area contributed by atoms with Crippen LogP contribution in [0.5, 0.6) is 11.5 Å². The Balaban J connectivity index is 2.31. The number of ether oxygens (including phenoxy) is 2. The first-order valence-corrected chi connectivity index (χ1v) is 5.54. The molecule has 0 radical (unpaired) electrons. The lowest BCUT2D eigenvalue weighted by Crippen LogP contribution is -2.24. The number of carboxylic acids is 1. The average Bonchev–Trinajstić information content (AvgIpc) is 2.48. The highest BCUT2D eigenvalue weighted by molar-refractivity contribution is 5.68. The molecular weight excluding hydrogens is 220 g/mol. The zero-order chi connectivity index (χ0) is 12.6. The third kappa shape index (κ3) is 2.52.